The van der Waals surface area contributed by atoms with Crippen LogP contribution in [0.2, 0.25) is 5.02 Å². The number of rotatable bonds is 6. The van der Waals surface area contributed by atoms with Crippen LogP contribution in [-0.2, 0) is 11.3 Å². The number of nitrogens with one attached hydrogen (secondary N) is 1. The fraction of sp³-hybridized carbons (Fsp3) is 0.308. The van der Waals surface area contributed by atoms with Crippen molar-refractivity contribution in [2.75, 3.05) is 13.7 Å². The van der Waals surface area contributed by atoms with Crippen LogP contribution in [0.3, 0.4) is 0 Å². The molecule has 0 spiro atoms. The van der Waals surface area contributed by atoms with Gasteiger partial charge in [-0.2, -0.15) is 5.10 Å². The molecule has 1 aromatic carbocycles. The smallest absolute Gasteiger partial charge is 0.0904 e. The standard InChI is InChI=1S/C13H15Br2ClN4O/c1-21-5-4-20-13(10(15)7-18-20)12(19-17)9-3-2-8(14)6-11(9)16/h2-3,6-7,12,19H,4-5,17H2,1H3. The molecule has 2 aromatic rings. The van der Waals surface area contributed by atoms with E-state index in [1.807, 2.05) is 22.9 Å². The molecule has 0 radical (unpaired) electrons. The SMILES string of the molecule is COCCn1ncc(Br)c1C(NN)c1ccc(Br)cc1Cl. The first-order valence-electron chi connectivity index (χ1n) is 6.19. The van der Waals surface area contributed by atoms with Crippen molar-refractivity contribution >= 4 is 43.5 Å². The van der Waals surface area contributed by atoms with Crippen molar-refractivity contribution in [3.05, 3.63) is 49.6 Å². The summed E-state index contributed by atoms with van der Waals surface area (Å²) in [6.07, 6.45) is 1.74. The molecule has 0 aliphatic carbocycles. The third-order valence-electron chi connectivity index (χ3n) is 3.05. The molecule has 21 heavy (non-hydrogen) atoms. The molecule has 1 aromatic heterocycles. The van der Waals surface area contributed by atoms with Gasteiger partial charge in [-0.15, -0.1) is 0 Å². The Kier molecular flexibility index (Phi) is 6.21. The minimum Gasteiger partial charge on any atom is -0.383 e. The monoisotopic (exact) mass is 436 g/mol. The van der Waals surface area contributed by atoms with E-state index in [4.69, 9.17) is 22.2 Å². The van der Waals surface area contributed by atoms with E-state index in [1.165, 1.54) is 0 Å². The Labute approximate surface area is 145 Å². The highest BCUT2D eigenvalue weighted by Gasteiger charge is 2.23. The fourth-order valence-electron chi connectivity index (χ4n) is 2.07. The molecule has 0 bridgehead atoms. The number of aromatic nitrogens is 2. The summed E-state index contributed by atoms with van der Waals surface area (Å²) in [4.78, 5) is 0. The number of nitrogens with two attached hydrogens (primary N) is 1. The average molecular weight is 439 g/mol. The van der Waals surface area contributed by atoms with Gasteiger partial charge in [-0.3, -0.25) is 10.5 Å². The summed E-state index contributed by atoms with van der Waals surface area (Å²) in [6.45, 7) is 1.19. The van der Waals surface area contributed by atoms with E-state index >= 15 is 0 Å². The van der Waals surface area contributed by atoms with E-state index in [1.54, 1.807) is 13.3 Å². The number of nitrogens with zero attached hydrogens (tertiary/aromatic N) is 2. The number of halogens is 3. The lowest BCUT2D eigenvalue weighted by atomic mass is 10.0. The third-order valence-corrected chi connectivity index (χ3v) is 4.49. The van der Waals surface area contributed by atoms with Gasteiger partial charge < -0.3 is 4.74 Å². The third kappa shape index (κ3) is 3.85. The van der Waals surface area contributed by atoms with E-state index < -0.39 is 0 Å². The predicted molar refractivity (Wildman–Crippen MR) is 90.1 cm³/mol. The molecule has 0 aliphatic heterocycles. The van der Waals surface area contributed by atoms with Crippen molar-refractivity contribution in [3.8, 4) is 0 Å². The largest absolute Gasteiger partial charge is 0.383 e. The van der Waals surface area contributed by atoms with Crippen LogP contribution in [0, 0.1) is 0 Å². The summed E-state index contributed by atoms with van der Waals surface area (Å²) in [5.41, 5.74) is 4.59. The zero-order valence-corrected chi connectivity index (χ0v) is 15.2. The van der Waals surface area contributed by atoms with E-state index in [2.05, 4.69) is 42.4 Å². The molecule has 8 heteroatoms. The normalized spacial score (nSPS) is 12.6. The van der Waals surface area contributed by atoms with Gasteiger partial charge in [0.05, 0.1) is 35.6 Å². The van der Waals surface area contributed by atoms with Crippen LogP contribution in [0.1, 0.15) is 17.3 Å². The van der Waals surface area contributed by atoms with Gasteiger partial charge >= 0.3 is 0 Å². The van der Waals surface area contributed by atoms with Gasteiger partial charge in [-0.25, -0.2) is 5.43 Å². The van der Waals surface area contributed by atoms with Crippen molar-refractivity contribution < 1.29 is 4.74 Å². The minimum absolute atomic E-state index is 0.278. The van der Waals surface area contributed by atoms with Crippen molar-refractivity contribution in [2.24, 2.45) is 5.84 Å². The number of ether oxygens (including phenoxy) is 1. The van der Waals surface area contributed by atoms with Gasteiger partial charge in [-0.05, 0) is 33.6 Å². The molecule has 0 saturated heterocycles. The summed E-state index contributed by atoms with van der Waals surface area (Å²) in [6, 6.07) is 5.41. The number of benzene rings is 1. The first-order chi connectivity index (χ1) is 10.1. The molecule has 0 amide bonds. The summed E-state index contributed by atoms with van der Waals surface area (Å²) in [5, 5.41) is 4.96. The van der Waals surface area contributed by atoms with Crippen molar-refractivity contribution in [1.29, 1.82) is 0 Å². The molecule has 3 N–H and O–H groups in total. The molecule has 2 rings (SSSR count). The Hall–Kier alpha value is -0.440. The van der Waals surface area contributed by atoms with Gasteiger partial charge in [0.15, 0.2) is 0 Å². The van der Waals surface area contributed by atoms with E-state index in [0.29, 0.717) is 18.2 Å². The van der Waals surface area contributed by atoms with Crippen LogP contribution in [0.4, 0.5) is 0 Å². The molecule has 1 heterocycles. The highest BCUT2D eigenvalue weighted by molar-refractivity contribution is 9.10. The fourth-order valence-corrected chi connectivity index (χ4v) is 3.37. The summed E-state index contributed by atoms with van der Waals surface area (Å²) in [7, 11) is 1.66. The molecule has 0 aliphatic rings. The van der Waals surface area contributed by atoms with Gasteiger partial charge in [0.1, 0.15) is 0 Å². The zero-order valence-electron chi connectivity index (χ0n) is 11.3. The van der Waals surface area contributed by atoms with E-state index in [-0.39, 0.29) is 6.04 Å². The van der Waals surface area contributed by atoms with Crippen molar-refractivity contribution in [3.63, 3.8) is 0 Å². The Morgan fingerprint density at radius 3 is 2.86 bits per heavy atom. The molecular weight excluding hydrogens is 423 g/mol. The first kappa shape index (κ1) is 16.9. The summed E-state index contributed by atoms with van der Waals surface area (Å²) in [5.74, 6) is 5.76. The van der Waals surface area contributed by atoms with Gasteiger partial charge in [0, 0.05) is 16.6 Å². The average Bonchev–Trinajstić information content (AvgIpc) is 2.81. The highest BCUT2D eigenvalue weighted by Crippen LogP contribution is 2.33. The lowest BCUT2D eigenvalue weighted by Crippen LogP contribution is -2.31. The summed E-state index contributed by atoms with van der Waals surface area (Å²) < 4.78 is 8.73. The van der Waals surface area contributed by atoms with Crippen LogP contribution >= 0.6 is 43.5 Å². The summed E-state index contributed by atoms with van der Waals surface area (Å²) >= 11 is 13.2. The van der Waals surface area contributed by atoms with Crippen LogP contribution in [0.25, 0.3) is 0 Å². The number of hydrogen-bond acceptors (Lipinski definition) is 4. The number of hydrogen-bond donors (Lipinski definition) is 2. The van der Waals surface area contributed by atoms with Gasteiger partial charge in [0.25, 0.3) is 0 Å². The maximum Gasteiger partial charge on any atom is 0.0904 e. The number of methoxy groups -OCH3 is 1. The second-order valence-electron chi connectivity index (χ2n) is 4.36. The first-order valence-corrected chi connectivity index (χ1v) is 8.16. The zero-order chi connectivity index (χ0) is 15.4. The van der Waals surface area contributed by atoms with Crippen LogP contribution < -0.4 is 11.3 Å². The van der Waals surface area contributed by atoms with Crippen LogP contribution in [-0.4, -0.2) is 23.5 Å². The Bertz CT molecular complexity index is 620. The van der Waals surface area contributed by atoms with Gasteiger partial charge in [-0.1, -0.05) is 33.6 Å². The topological polar surface area (TPSA) is 65.1 Å². The maximum atomic E-state index is 6.33. The van der Waals surface area contributed by atoms with Gasteiger partial charge in [0.2, 0.25) is 0 Å². The minimum atomic E-state index is -0.278. The maximum absolute atomic E-state index is 6.33. The second kappa shape index (κ2) is 7.71. The van der Waals surface area contributed by atoms with E-state index in [0.717, 1.165) is 20.2 Å². The number of hydrazine groups is 1. The van der Waals surface area contributed by atoms with Crippen molar-refractivity contribution in [1.82, 2.24) is 15.2 Å². The Morgan fingerprint density at radius 2 is 2.24 bits per heavy atom. The van der Waals surface area contributed by atoms with E-state index in [9.17, 15) is 0 Å². The Morgan fingerprint density at radius 1 is 1.48 bits per heavy atom. The van der Waals surface area contributed by atoms with Crippen LogP contribution in [0.5, 0.6) is 0 Å². The quantitative estimate of drug-likeness (QED) is 0.537. The Balaban J connectivity index is 2.43. The molecule has 1 unspecified atom stereocenters. The highest BCUT2D eigenvalue weighted by atomic mass is 79.9. The molecule has 0 saturated carbocycles. The lowest BCUT2D eigenvalue weighted by molar-refractivity contribution is 0.182. The second-order valence-corrected chi connectivity index (χ2v) is 6.54. The molecule has 114 valence electrons. The van der Waals surface area contributed by atoms with Crippen LogP contribution in [0.15, 0.2) is 33.3 Å². The molecule has 0 fully saturated rings. The molecular formula is C13H15Br2ClN4O. The predicted octanol–water partition coefficient (Wildman–Crippen LogP) is 3.26. The van der Waals surface area contributed by atoms with Crippen molar-refractivity contribution in [2.45, 2.75) is 12.6 Å². The molecule has 1 atom stereocenters. The lowest BCUT2D eigenvalue weighted by Gasteiger charge is -2.20. The molecule has 5 nitrogen and oxygen atoms in total.